The van der Waals surface area contributed by atoms with Crippen molar-refractivity contribution in [3.8, 4) is 0 Å². The topological polar surface area (TPSA) is 94.3 Å². The van der Waals surface area contributed by atoms with Crippen molar-refractivity contribution < 1.29 is 13.2 Å². The smallest absolute Gasteiger partial charge is 0.244 e. The second-order valence-corrected chi connectivity index (χ2v) is 6.19. The molecular formula is C11H17N3O3S. The molecule has 0 saturated heterocycles. The number of methoxy groups -OCH3 is 1. The van der Waals surface area contributed by atoms with E-state index in [1.807, 2.05) is 0 Å². The van der Waals surface area contributed by atoms with Gasteiger partial charge in [-0.15, -0.1) is 0 Å². The van der Waals surface area contributed by atoms with Crippen LogP contribution in [0.25, 0.3) is 0 Å². The number of anilines is 1. The highest BCUT2D eigenvalue weighted by Gasteiger charge is 2.38. The van der Waals surface area contributed by atoms with E-state index in [9.17, 15) is 8.42 Å². The fourth-order valence-electron chi connectivity index (χ4n) is 1.96. The number of pyridine rings is 1. The summed E-state index contributed by atoms with van der Waals surface area (Å²) in [4.78, 5) is 3.78. The molecule has 0 aliphatic heterocycles. The van der Waals surface area contributed by atoms with Crippen LogP contribution in [0.2, 0.25) is 0 Å². The Hall–Kier alpha value is -1.18. The van der Waals surface area contributed by atoms with Crippen LogP contribution in [0.15, 0.2) is 23.2 Å². The normalized spacial score (nSPS) is 18.3. The predicted molar refractivity (Wildman–Crippen MR) is 67.4 cm³/mol. The van der Waals surface area contributed by atoms with Gasteiger partial charge in [-0.3, -0.25) is 0 Å². The minimum atomic E-state index is -3.63. The summed E-state index contributed by atoms with van der Waals surface area (Å²) in [7, 11) is -2.02. The molecule has 18 heavy (non-hydrogen) atoms. The molecule has 0 atom stereocenters. The maximum Gasteiger partial charge on any atom is 0.244 e. The molecule has 6 nitrogen and oxygen atoms in total. The third kappa shape index (κ3) is 2.47. The van der Waals surface area contributed by atoms with Crippen LogP contribution in [0.3, 0.4) is 0 Å². The number of nitrogens with zero attached hydrogens (tertiary/aromatic N) is 1. The Labute approximate surface area is 107 Å². The second kappa shape index (κ2) is 4.83. The van der Waals surface area contributed by atoms with E-state index in [-0.39, 0.29) is 22.9 Å². The fraction of sp³-hybridized carbons (Fsp3) is 0.545. The van der Waals surface area contributed by atoms with E-state index in [0.29, 0.717) is 0 Å². The Bertz CT molecular complexity index is 521. The molecule has 1 fully saturated rings. The molecule has 1 aromatic heterocycles. The van der Waals surface area contributed by atoms with E-state index in [4.69, 9.17) is 10.5 Å². The lowest BCUT2D eigenvalue weighted by Gasteiger charge is -2.40. The summed E-state index contributed by atoms with van der Waals surface area (Å²) in [6.45, 7) is 0.264. The molecule has 7 heteroatoms. The average Bonchev–Trinajstić information content (AvgIpc) is 2.28. The van der Waals surface area contributed by atoms with Crippen molar-refractivity contribution >= 4 is 15.8 Å². The molecule has 2 rings (SSSR count). The zero-order valence-electron chi connectivity index (χ0n) is 10.2. The van der Waals surface area contributed by atoms with Crippen molar-refractivity contribution in [1.29, 1.82) is 0 Å². The first-order chi connectivity index (χ1) is 8.49. The molecule has 1 aliphatic carbocycles. The number of nitrogen functional groups attached to an aromatic ring is 1. The Kier molecular flexibility index (Phi) is 3.56. The van der Waals surface area contributed by atoms with Gasteiger partial charge >= 0.3 is 0 Å². The average molecular weight is 271 g/mol. The number of nitrogens with one attached hydrogen (secondary N) is 1. The van der Waals surface area contributed by atoms with E-state index >= 15 is 0 Å². The van der Waals surface area contributed by atoms with Gasteiger partial charge in [0.15, 0.2) is 0 Å². The minimum absolute atomic E-state index is 0.00470. The summed E-state index contributed by atoms with van der Waals surface area (Å²) in [6, 6.07) is 2.98. The highest BCUT2D eigenvalue weighted by molar-refractivity contribution is 7.89. The molecule has 1 aliphatic rings. The Balaban J connectivity index is 2.11. The lowest BCUT2D eigenvalue weighted by molar-refractivity contribution is -0.0659. The maximum atomic E-state index is 12.1. The van der Waals surface area contributed by atoms with Gasteiger partial charge in [-0.2, -0.15) is 0 Å². The van der Waals surface area contributed by atoms with Gasteiger partial charge < -0.3 is 10.5 Å². The second-order valence-electron chi connectivity index (χ2n) is 4.45. The zero-order chi connectivity index (χ0) is 13.2. The van der Waals surface area contributed by atoms with Gasteiger partial charge in [0, 0.05) is 19.9 Å². The van der Waals surface area contributed by atoms with Gasteiger partial charge in [0.2, 0.25) is 10.0 Å². The van der Waals surface area contributed by atoms with Gasteiger partial charge in [-0.25, -0.2) is 18.1 Å². The molecular weight excluding hydrogens is 254 g/mol. The summed E-state index contributed by atoms with van der Waals surface area (Å²) in [5.74, 6) is 0.00470. The molecule has 3 N–H and O–H groups in total. The molecule has 0 spiro atoms. The largest absolute Gasteiger partial charge is 0.383 e. The molecule has 1 aromatic rings. The van der Waals surface area contributed by atoms with Crippen molar-refractivity contribution in [2.45, 2.75) is 29.8 Å². The van der Waals surface area contributed by atoms with Crippen molar-refractivity contribution in [2.75, 3.05) is 19.4 Å². The molecule has 0 radical (unpaired) electrons. The highest BCUT2D eigenvalue weighted by atomic mass is 32.2. The Morgan fingerprint density at radius 1 is 1.56 bits per heavy atom. The molecule has 0 bridgehead atoms. The van der Waals surface area contributed by atoms with E-state index in [2.05, 4.69) is 9.71 Å². The summed E-state index contributed by atoms with van der Waals surface area (Å²) in [6.07, 6.45) is 4.25. The number of rotatable bonds is 5. The Morgan fingerprint density at radius 3 is 2.78 bits per heavy atom. The van der Waals surface area contributed by atoms with Crippen molar-refractivity contribution in [3.05, 3.63) is 18.3 Å². The Morgan fingerprint density at radius 2 is 2.28 bits per heavy atom. The highest BCUT2D eigenvalue weighted by Crippen LogP contribution is 2.34. The first kappa shape index (κ1) is 13.3. The monoisotopic (exact) mass is 271 g/mol. The molecule has 1 heterocycles. The summed E-state index contributed by atoms with van der Waals surface area (Å²) in [5.41, 5.74) is 5.21. The third-order valence-corrected chi connectivity index (χ3v) is 4.82. The van der Waals surface area contributed by atoms with Crippen LogP contribution in [0, 0.1) is 0 Å². The molecule has 0 aromatic carbocycles. The van der Waals surface area contributed by atoms with Crippen LogP contribution in [0.1, 0.15) is 19.3 Å². The lowest BCUT2D eigenvalue weighted by Crippen LogP contribution is -2.49. The van der Waals surface area contributed by atoms with Gasteiger partial charge in [0.05, 0.1) is 5.60 Å². The number of sulfonamides is 1. The van der Waals surface area contributed by atoms with Crippen molar-refractivity contribution in [2.24, 2.45) is 0 Å². The van der Waals surface area contributed by atoms with Gasteiger partial charge in [0.1, 0.15) is 10.7 Å². The standard InChI is InChI=1S/C11H17N3O3S/c1-17-11(5-3-6-11)8-14-18(15,16)9-4-2-7-13-10(9)12/h2,4,7,14H,3,5-6,8H2,1H3,(H2,12,13). The van der Waals surface area contributed by atoms with Crippen LogP contribution in [-0.4, -0.2) is 32.7 Å². The van der Waals surface area contributed by atoms with Crippen LogP contribution in [0.4, 0.5) is 5.82 Å². The summed E-state index contributed by atoms with van der Waals surface area (Å²) < 4.78 is 32.0. The molecule has 1 saturated carbocycles. The predicted octanol–water partition coefficient (Wildman–Crippen LogP) is 0.511. The maximum absolute atomic E-state index is 12.1. The number of nitrogens with two attached hydrogens (primary N) is 1. The van der Waals surface area contributed by atoms with E-state index in [1.54, 1.807) is 13.2 Å². The SMILES string of the molecule is COC1(CNS(=O)(=O)c2cccnc2N)CCC1. The number of hydrogen-bond acceptors (Lipinski definition) is 5. The van der Waals surface area contributed by atoms with Gasteiger partial charge in [-0.05, 0) is 31.4 Å². The fourth-order valence-corrected chi connectivity index (χ4v) is 3.15. The minimum Gasteiger partial charge on any atom is -0.383 e. The molecule has 0 unspecified atom stereocenters. The van der Waals surface area contributed by atoms with Crippen LogP contribution in [0.5, 0.6) is 0 Å². The first-order valence-corrected chi connectivity index (χ1v) is 7.23. The number of hydrogen-bond donors (Lipinski definition) is 2. The van der Waals surface area contributed by atoms with Crippen molar-refractivity contribution in [3.63, 3.8) is 0 Å². The van der Waals surface area contributed by atoms with E-state index in [0.717, 1.165) is 19.3 Å². The number of ether oxygens (including phenoxy) is 1. The quantitative estimate of drug-likeness (QED) is 0.813. The van der Waals surface area contributed by atoms with Crippen molar-refractivity contribution in [1.82, 2.24) is 9.71 Å². The third-order valence-electron chi connectivity index (χ3n) is 3.37. The lowest BCUT2D eigenvalue weighted by atomic mass is 9.80. The molecule has 100 valence electrons. The van der Waals surface area contributed by atoms with E-state index in [1.165, 1.54) is 12.3 Å². The zero-order valence-corrected chi connectivity index (χ0v) is 11.0. The summed E-state index contributed by atoms with van der Waals surface area (Å²) >= 11 is 0. The van der Waals surface area contributed by atoms with Crippen LogP contribution in [-0.2, 0) is 14.8 Å². The van der Waals surface area contributed by atoms with Crippen LogP contribution >= 0.6 is 0 Å². The van der Waals surface area contributed by atoms with Crippen LogP contribution < -0.4 is 10.5 Å². The number of aromatic nitrogens is 1. The summed E-state index contributed by atoms with van der Waals surface area (Å²) in [5, 5.41) is 0. The first-order valence-electron chi connectivity index (χ1n) is 5.74. The van der Waals surface area contributed by atoms with E-state index < -0.39 is 10.0 Å². The van der Waals surface area contributed by atoms with Gasteiger partial charge in [0.25, 0.3) is 0 Å². The molecule has 0 amide bonds. The van der Waals surface area contributed by atoms with Gasteiger partial charge in [-0.1, -0.05) is 0 Å².